The molecule has 1 unspecified atom stereocenters. The van der Waals surface area contributed by atoms with Crippen LogP contribution in [0.2, 0.25) is 0 Å². The second-order valence-corrected chi connectivity index (χ2v) is 8.75. The fourth-order valence-corrected chi connectivity index (χ4v) is 4.34. The highest BCUT2D eigenvalue weighted by molar-refractivity contribution is 6.23. The average molecular weight is 488 g/mol. The molecule has 5 rings (SSSR count). The van der Waals surface area contributed by atoms with Crippen molar-refractivity contribution in [2.75, 3.05) is 5.01 Å². The predicted octanol–water partition coefficient (Wildman–Crippen LogP) is 4.96. The van der Waals surface area contributed by atoms with Gasteiger partial charge in [-0.25, -0.2) is 5.01 Å². The van der Waals surface area contributed by atoms with Crippen molar-refractivity contribution in [3.8, 4) is 0 Å². The number of rotatable bonds is 9. The van der Waals surface area contributed by atoms with E-state index in [4.69, 9.17) is 0 Å². The Morgan fingerprint density at radius 3 is 1.84 bits per heavy atom. The maximum absolute atomic E-state index is 13.4. The molecule has 0 bridgehead atoms. The summed E-state index contributed by atoms with van der Waals surface area (Å²) >= 11 is 0. The van der Waals surface area contributed by atoms with Crippen LogP contribution in [-0.2, 0) is 14.4 Å². The van der Waals surface area contributed by atoms with Gasteiger partial charge in [0.15, 0.2) is 11.6 Å². The van der Waals surface area contributed by atoms with E-state index in [1.54, 1.807) is 12.2 Å². The molecule has 1 amide bonds. The molecule has 6 nitrogen and oxygen atoms in total. The first-order valence-corrected chi connectivity index (χ1v) is 12.1. The summed E-state index contributed by atoms with van der Waals surface area (Å²) in [7, 11) is 0. The number of hydrogen-bond donors (Lipinski definition) is 1. The van der Waals surface area contributed by atoms with Crippen molar-refractivity contribution in [1.29, 1.82) is 0 Å². The fraction of sp³-hybridized carbons (Fsp3) is 0.0968. The van der Waals surface area contributed by atoms with Crippen molar-refractivity contribution >= 4 is 41.0 Å². The van der Waals surface area contributed by atoms with E-state index in [-0.39, 0.29) is 30.3 Å². The van der Waals surface area contributed by atoms with E-state index in [1.165, 1.54) is 17.2 Å². The van der Waals surface area contributed by atoms with Crippen LogP contribution in [0.25, 0.3) is 12.2 Å². The summed E-state index contributed by atoms with van der Waals surface area (Å²) in [5.41, 5.74) is 7.03. The standard InChI is InChI=1S/C31H25N3O3/c35-25(18-16-22-10-4-1-5-11-22)20-27-28(21-26(36)19-17-23-12-6-2-7-13-23)32-30-29(27)31(37)34(33-30)24-14-8-3-9-15-24/h1-19,30,33H,20-21H2. The number of aliphatic imine (C=N–C) groups is 1. The van der Waals surface area contributed by atoms with Crippen LogP contribution in [-0.4, -0.2) is 29.4 Å². The minimum absolute atomic E-state index is 0.00857. The quantitative estimate of drug-likeness (QED) is 0.433. The van der Waals surface area contributed by atoms with Gasteiger partial charge in [-0.1, -0.05) is 91.0 Å². The number of hydrazine groups is 1. The Hall–Kier alpha value is -4.68. The monoisotopic (exact) mass is 487 g/mol. The van der Waals surface area contributed by atoms with Gasteiger partial charge < -0.3 is 0 Å². The van der Waals surface area contributed by atoms with Gasteiger partial charge in [-0.15, -0.1) is 0 Å². The predicted molar refractivity (Wildman–Crippen MR) is 146 cm³/mol. The highest BCUT2D eigenvalue weighted by Gasteiger charge is 2.43. The number of hydrogen-bond acceptors (Lipinski definition) is 5. The van der Waals surface area contributed by atoms with Crippen molar-refractivity contribution in [3.05, 3.63) is 125 Å². The maximum atomic E-state index is 13.4. The smallest absolute Gasteiger partial charge is 0.272 e. The van der Waals surface area contributed by atoms with Crippen LogP contribution in [0, 0.1) is 0 Å². The van der Waals surface area contributed by atoms with Crippen LogP contribution in [0.1, 0.15) is 24.0 Å². The van der Waals surface area contributed by atoms with Gasteiger partial charge in [0.1, 0.15) is 6.17 Å². The largest absolute Gasteiger partial charge is 0.294 e. The lowest BCUT2D eigenvalue weighted by molar-refractivity contribution is -0.115. The first-order valence-electron chi connectivity index (χ1n) is 12.1. The molecule has 2 heterocycles. The summed E-state index contributed by atoms with van der Waals surface area (Å²) in [6.07, 6.45) is 5.88. The van der Waals surface area contributed by atoms with Gasteiger partial charge >= 0.3 is 0 Å². The van der Waals surface area contributed by atoms with Gasteiger partial charge in [-0.2, -0.15) is 5.43 Å². The molecule has 1 fully saturated rings. The van der Waals surface area contributed by atoms with Crippen LogP contribution < -0.4 is 10.4 Å². The van der Waals surface area contributed by atoms with Crippen LogP contribution in [0.15, 0.2) is 119 Å². The lowest BCUT2D eigenvalue weighted by Gasteiger charge is -2.17. The topological polar surface area (TPSA) is 78.8 Å². The van der Waals surface area contributed by atoms with Crippen molar-refractivity contribution in [2.24, 2.45) is 4.99 Å². The number of ketones is 2. The molecular weight excluding hydrogens is 462 g/mol. The summed E-state index contributed by atoms with van der Waals surface area (Å²) in [6, 6.07) is 28.3. The highest BCUT2D eigenvalue weighted by atomic mass is 16.2. The third-order valence-corrected chi connectivity index (χ3v) is 6.15. The number of para-hydroxylation sites is 1. The van der Waals surface area contributed by atoms with Gasteiger partial charge in [0.25, 0.3) is 5.91 Å². The molecule has 0 spiro atoms. The van der Waals surface area contributed by atoms with Crippen LogP contribution in [0.3, 0.4) is 0 Å². The van der Waals surface area contributed by atoms with E-state index < -0.39 is 6.17 Å². The van der Waals surface area contributed by atoms with Crippen molar-refractivity contribution in [1.82, 2.24) is 5.43 Å². The van der Waals surface area contributed by atoms with Gasteiger partial charge in [0.05, 0.1) is 17.7 Å². The van der Waals surface area contributed by atoms with E-state index in [1.807, 2.05) is 91.0 Å². The van der Waals surface area contributed by atoms with E-state index in [0.717, 1.165) is 11.1 Å². The average Bonchev–Trinajstić information content (AvgIpc) is 3.43. The maximum Gasteiger partial charge on any atom is 0.272 e. The van der Waals surface area contributed by atoms with Crippen LogP contribution in [0.5, 0.6) is 0 Å². The van der Waals surface area contributed by atoms with Gasteiger partial charge in [0.2, 0.25) is 0 Å². The van der Waals surface area contributed by atoms with E-state index in [9.17, 15) is 14.4 Å². The number of nitrogens with zero attached hydrogens (tertiary/aromatic N) is 2. The molecule has 3 aromatic carbocycles. The number of amides is 1. The normalized spacial score (nSPS) is 17.1. The van der Waals surface area contributed by atoms with E-state index in [0.29, 0.717) is 22.5 Å². The number of carbonyl (C=O) groups is 3. The lowest BCUT2D eigenvalue weighted by Crippen LogP contribution is -2.37. The fourth-order valence-electron chi connectivity index (χ4n) is 4.34. The highest BCUT2D eigenvalue weighted by Crippen LogP contribution is 2.33. The summed E-state index contributed by atoms with van der Waals surface area (Å²) < 4.78 is 0. The zero-order chi connectivity index (χ0) is 25.6. The summed E-state index contributed by atoms with van der Waals surface area (Å²) in [5, 5.41) is 1.45. The Kier molecular flexibility index (Phi) is 7.10. The molecule has 1 atom stereocenters. The molecule has 6 heteroatoms. The molecule has 1 saturated heterocycles. The Labute approximate surface area is 215 Å². The Morgan fingerprint density at radius 2 is 1.27 bits per heavy atom. The number of allylic oxidation sites excluding steroid dienone is 3. The van der Waals surface area contributed by atoms with Crippen LogP contribution >= 0.6 is 0 Å². The Morgan fingerprint density at radius 1 is 0.757 bits per heavy atom. The molecule has 182 valence electrons. The van der Waals surface area contributed by atoms with Gasteiger partial charge in [-0.3, -0.25) is 19.4 Å². The van der Waals surface area contributed by atoms with E-state index in [2.05, 4.69) is 10.4 Å². The van der Waals surface area contributed by atoms with Gasteiger partial charge in [-0.05, 0) is 41.0 Å². The third-order valence-electron chi connectivity index (χ3n) is 6.15. The number of nitrogens with one attached hydrogen (secondary N) is 1. The molecule has 1 N–H and O–H groups in total. The molecule has 0 saturated carbocycles. The van der Waals surface area contributed by atoms with Gasteiger partial charge in [0, 0.05) is 12.1 Å². The third kappa shape index (κ3) is 5.60. The number of carbonyl (C=O) groups excluding carboxylic acids is 3. The molecule has 37 heavy (non-hydrogen) atoms. The zero-order valence-electron chi connectivity index (χ0n) is 20.1. The SMILES string of the molecule is O=C(C=Cc1ccccc1)CC1=NC2NN(c3ccccc3)C(=O)C2=C1CC(=O)C=Cc1ccccc1. The van der Waals surface area contributed by atoms with Crippen LogP contribution in [0.4, 0.5) is 5.69 Å². The number of anilines is 1. The zero-order valence-corrected chi connectivity index (χ0v) is 20.1. The number of fused-ring (bicyclic) bond motifs is 1. The minimum atomic E-state index is -0.630. The lowest BCUT2D eigenvalue weighted by atomic mass is 9.95. The van der Waals surface area contributed by atoms with Crippen molar-refractivity contribution < 1.29 is 14.4 Å². The molecular formula is C31H25N3O3. The van der Waals surface area contributed by atoms with Crippen molar-refractivity contribution in [2.45, 2.75) is 19.0 Å². The number of benzene rings is 3. The minimum Gasteiger partial charge on any atom is -0.294 e. The molecule has 2 aliphatic rings. The second kappa shape index (κ2) is 10.9. The molecule has 2 aliphatic heterocycles. The first-order chi connectivity index (χ1) is 18.1. The summed E-state index contributed by atoms with van der Waals surface area (Å²) in [6.45, 7) is 0. The Bertz CT molecular complexity index is 1440. The Balaban J connectivity index is 1.39. The molecule has 3 aromatic rings. The molecule has 0 radical (unpaired) electrons. The molecule has 0 aliphatic carbocycles. The van der Waals surface area contributed by atoms with Crippen molar-refractivity contribution in [3.63, 3.8) is 0 Å². The summed E-state index contributed by atoms with van der Waals surface area (Å²) in [5.74, 6) is -0.588. The van der Waals surface area contributed by atoms with E-state index >= 15 is 0 Å². The molecule has 0 aromatic heterocycles. The first kappa shape index (κ1) is 24.0. The summed E-state index contributed by atoms with van der Waals surface area (Å²) in [4.78, 5) is 43.8. The second-order valence-electron chi connectivity index (χ2n) is 8.75.